The maximum atomic E-state index is 12.0. The first-order chi connectivity index (χ1) is 13.1. The molecule has 0 aliphatic carbocycles. The molecule has 6 heteroatoms. The maximum Gasteiger partial charge on any atom is 0.272 e. The second-order valence-electron chi connectivity index (χ2n) is 6.93. The van der Waals surface area contributed by atoms with Crippen molar-refractivity contribution < 1.29 is 0 Å². The first-order valence-electron chi connectivity index (χ1n) is 9.22. The van der Waals surface area contributed by atoms with Gasteiger partial charge in [-0.25, -0.2) is 5.10 Å². The molecule has 0 unspecified atom stereocenters. The van der Waals surface area contributed by atoms with E-state index in [-0.39, 0.29) is 5.56 Å². The molecule has 0 amide bonds. The Labute approximate surface area is 164 Å². The zero-order chi connectivity index (χ0) is 19.2. The van der Waals surface area contributed by atoms with Crippen LogP contribution in [0.5, 0.6) is 0 Å². The Balaban J connectivity index is 1.76. The maximum absolute atomic E-state index is 12.0. The Bertz CT molecular complexity index is 968. The van der Waals surface area contributed by atoms with Crippen molar-refractivity contribution in [1.82, 2.24) is 15.1 Å². The number of anilines is 1. The quantitative estimate of drug-likeness (QED) is 0.565. The Hall–Kier alpha value is -2.37. The van der Waals surface area contributed by atoms with Gasteiger partial charge < -0.3 is 10.2 Å². The molecule has 0 atom stereocenters. The van der Waals surface area contributed by atoms with E-state index in [1.54, 1.807) is 0 Å². The fourth-order valence-corrected chi connectivity index (χ4v) is 3.28. The number of fused-ring (bicyclic) bond motifs is 1. The average molecular weight is 385 g/mol. The lowest BCUT2D eigenvalue weighted by Gasteiger charge is -2.12. The van der Waals surface area contributed by atoms with Gasteiger partial charge in [0.05, 0.1) is 21.8 Å². The number of halogens is 1. The molecule has 142 valence electrons. The van der Waals surface area contributed by atoms with Crippen LogP contribution in [-0.2, 0) is 0 Å². The number of aromatic nitrogens is 2. The van der Waals surface area contributed by atoms with Crippen molar-refractivity contribution in [2.75, 3.05) is 32.5 Å². The number of nitrogens with zero attached hydrogens (tertiary/aromatic N) is 2. The van der Waals surface area contributed by atoms with Gasteiger partial charge in [-0.05, 0) is 51.7 Å². The predicted octanol–water partition coefficient (Wildman–Crippen LogP) is 4.39. The third-order valence-electron chi connectivity index (χ3n) is 4.53. The van der Waals surface area contributed by atoms with Gasteiger partial charge in [0.2, 0.25) is 0 Å². The monoisotopic (exact) mass is 384 g/mol. The second-order valence-corrected chi connectivity index (χ2v) is 7.34. The molecule has 0 saturated carbocycles. The molecule has 0 saturated heterocycles. The highest BCUT2D eigenvalue weighted by atomic mass is 35.5. The molecule has 0 aliphatic heterocycles. The molecular weight excluding hydrogens is 360 g/mol. The van der Waals surface area contributed by atoms with Crippen molar-refractivity contribution in [3.8, 4) is 11.3 Å². The summed E-state index contributed by atoms with van der Waals surface area (Å²) in [7, 11) is 4.19. The summed E-state index contributed by atoms with van der Waals surface area (Å²) in [4.78, 5) is 14.2. The normalized spacial score (nSPS) is 11.3. The first kappa shape index (κ1) is 19.4. The Morgan fingerprint density at radius 2 is 1.85 bits per heavy atom. The summed E-state index contributed by atoms with van der Waals surface area (Å²) < 4.78 is 0. The van der Waals surface area contributed by atoms with E-state index in [0.717, 1.165) is 41.8 Å². The molecule has 2 N–H and O–H groups in total. The minimum Gasteiger partial charge on any atom is -0.384 e. The number of hydrogen-bond acceptors (Lipinski definition) is 4. The molecule has 3 rings (SSSR count). The SMILES string of the molecule is CN(C)CCCCCNc1cc(-c2n[nH]c(=O)c3ccccc23)ccc1Cl. The molecular formula is C21H25ClN4O. The zero-order valence-electron chi connectivity index (χ0n) is 15.8. The molecule has 0 fully saturated rings. The van der Waals surface area contributed by atoms with E-state index in [1.807, 2.05) is 42.5 Å². The van der Waals surface area contributed by atoms with Gasteiger partial charge >= 0.3 is 0 Å². The van der Waals surface area contributed by atoms with Crippen LogP contribution in [0.2, 0.25) is 5.02 Å². The first-order valence-corrected chi connectivity index (χ1v) is 9.60. The molecule has 0 spiro atoms. The predicted molar refractivity (Wildman–Crippen MR) is 114 cm³/mol. The minimum absolute atomic E-state index is 0.181. The molecule has 0 bridgehead atoms. The number of nitrogens with one attached hydrogen (secondary N) is 2. The van der Waals surface area contributed by atoms with Crippen LogP contribution in [0.4, 0.5) is 5.69 Å². The van der Waals surface area contributed by atoms with Crippen LogP contribution in [0.15, 0.2) is 47.3 Å². The average Bonchev–Trinajstić information content (AvgIpc) is 2.66. The lowest BCUT2D eigenvalue weighted by atomic mass is 10.0. The minimum atomic E-state index is -0.181. The fraction of sp³-hybridized carbons (Fsp3) is 0.333. The van der Waals surface area contributed by atoms with Gasteiger partial charge in [0, 0.05) is 17.5 Å². The van der Waals surface area contributed by atoms with E-state index in [1.165, 1.54) is 12.8 Å². The third-order valence-corrected chi connectivity index (χ3v) is 4.86. The molecule has 1 heterocycles. The van der Waals surface area contributed by atoms with Crippen molar-refractivity contribution >= 4 is 28.1 Å². The van der Waals surface area contributed by atoms with Gasteiger partial charge in [-0.15, -0.1) is 0 Å². The van der Waals surface area contributed by atoms with E-state index >= 15 is 0 Å². The summed E-state index contributed by atoms with van der Waals surface area (Å²) in [6, 6.07) is 13.3. The standard InChI is InChI=1S/C21H25ClN4O/c1-26(2)13-7-3-6-12-23-19-14-15(10-11-18(19)22)20-16-8-4-5-9-17(16)21(27)25-24-20/h4-5,8-11,14,23H,3,6-7,12-13H2,1-2H3,(H,25,27). The zero-order valence-corrected chi connectivity index (χ0v) is 16.5. The van der Waals surface area contributed by atoms with Crippen LogP contribution in [-0.4, -0.2) is 42.3 Å². The van der Waals surface area contributed by atoms with E-state index in [2.05, 4.69) is 34.5 Å². The number of unbranched alkanes of at least 4 members (excludes halogenated alkanes) is 2. The lowest BCUT2D eigenvalue weighted by molar-refractivity contribution is 0.393. The Morgan fingerprint density at radius 3 is 2.63 bits per heavy atom. The summed E-state index contributed by atoms with van der Waals surface area (Å²) >= 11 is 6.36. The lowest BCUT2D eigenvalue weighted by Crippen LogP contribution is -2.13. The summed E-state index contributed by atoms with van der Waals surface area (Å²) in [6.07, 6.45) is 3.46. The van der Waals surface area contributed by atoms with Crippen molar-refractivity contribution in [3.63, 3.8) is 0 Å². The number of hydrogen-bond donors (Lipinski definition) is 2. The highest BCUT2D eigenvalue weighted by Crippen LogP contribution is 2.30. The van der Waals surface area contributed by atoms with E-state index < -0.39 is 0 Å². The van der Waals surface area contributed by atoms with Crippen LogP contribution < -0.4 is 10.9 Å². The smallest absolute Gasteiger partial charge is 0.272 e. The molecule has 1 aromatic heterocycles. The second kappa shape index (κ2) is 9.02. The summed E-state index contributed by atoms with van der Waals surface area (Å²) in [5.74, 6) is 0. The van der Waals surface area contributed by atoms with Gasteiger partial charge in [0.1, 0.15) is 0 Å². The van der Waals surface area contributed by atoms with Gasteiger partial charge in [-0.3, -0.25) is 4.79 Å². The molecule has 27 heavy (non-hydrogen) atoms. The van der Waals surface area contributed by atoms with Crippen LogP contribution in [0.25, 0.3) is 22.0 Å². The van der Waals surface area contributed by atoms with Crippen LogP contribution >= 0.6 is 11.6 Å². The molecule has 2 aromatic carbocycles. The fourth-order valence-electron chi connectivity index (χ4n) is 3.10. The summed E-state index contributed by atoms with van der Waals surface area (Å²) in [5.41, 5.74) is 2.37. The van der Waals surface area contributed by atoms with Gasteiger partial charge in [0.15, 0.2) is 0 Å². The molecule has 0 aliphatic rings. The third kappa shape index (κ3) is 4.87. The summed E-state index contributed by atoms with van der Waals surface area (Å²) in [6.45, 7) is 1.98. The van der Waals surface area contributed by atoms with Crippen LogP contribution in [0.1, 0.15) is 19.3 Å². The topological polar surface area (TPSA) is 61.0 Å². The van der Waals surface area contributed by atoms with Crippen LogP contribution in [0, 0.1) is 0 Å². The Morgan fingerprint density at radius 1 is 1.07 bits per heavy atom. The number of rotatable bonds is 8. The van der Waals surface area contributed by atoms with E-state index in [9.17, 15) is 4.79 Å². The highest BCUT2D eigenvalue weighted by Gasteiger charge is 2.10. The van der Waals surface area contributed by atoms with Crippen molar-refractivity contribution in [1.29, 1.82) is 0 Å². The molecule has 5 nitrogen and oxygen atoms in total. The van der Waals surface area contributed by atoms with Crippen molar-refractivity contribution in [3.05, 3.63) is 57.8 Å². The highest BCUT2D eigenvalue weighted by molar-refractivity contribution is 6.33. The molecule has 0 radical (unpaired) electrons. The van der Waals surface area contributed by atoms with Crippen molar-refractivity contribution in [2.45, 2.75) is 19.3 Å². The summed E-state index contributed by atoms with van der Waals surface area (Å²) in [5, 5.41) is 12.4. The van der Waals surface area contributed by atoms with E-state index in [4.69, 9.17) is 11.6 Å². The van der Waals surface area contributed by atoms with Gasteiger partial charge in [0.25, 0.3) is 5.56 Å². The largest absolute Gasteiger partial charge is 0.384 e. The number of benzene rings is 2. The van der Waals surface area contributed by atoms with Crippen molar-refractivity contribution in [2.24, 2.45) is 0 Å². The molecule has 3 aromatic rings. The Kier molecular flexibility index (Phi) is 6.48. The van der Waals surface area contributed by atoms with Gasteiger partial charge in [-0.2, -0.15) is 5.10 Å². The van der Waals surface area contributed by atoms with Gasteiger partial charge in [-0.1, -0.05) is 42.3 Å². The number of H-pyrrole nitrogens is 1. The van der Waals surface area contributed by atoms with E-state index in [0.29, 0.717) is 10.4 Å². The van der Waals surface area contributed by atoms with Crippen LogP contribution in [0.3, 0.4) is 0 Å². The number of aromatic amines is 1.